The highest BCUT2D eigenvalue weighted by Crippen LogP contribution is 2.28. The number of carbonyl (C=O) groups is 1. The standard InChI is InChI=1S/C14H19N5O2/c1-9-4-11-16-5-10(12(15)19(11)17-9)13(20)18(3)6-14(2)7-21-8-14/h4-5H,6-8,15H2,1-3H3. The van der Waals surface area contributed by atoms with Gasteiger partial charge in [0.15, 0.2) is 5.65 Å². The van der Waals surface area contributed by atoms with Gasteiger partial charge in [-0.05, 0) is 6.92 Å². The van der Waals surface area contributed by atoms with Crippen molar-refractivity contribution in [1.82, 2.24) is 19.5 Å². The molecule has 1 aliphatic rings. The van der Waals surface area contributed by atoms with E-state index in [-0.39, 0.29) is 11.3 Å². The summed E-state index contributed by atoms with van der Waals surface area (Å²) >= 11 is 0. The summed E-state index contributed by atoms with van der Waals surface area (Å²) in [6.45, 7) is 5.94. The molecule has 0 unspecified atom stereocenters. The molecule has 0 bridgehead atoms. The number of ether oxygens (including phenoxy) is 1. The van der Waals surface area contributed by atoms with Crippen LogP contribution in [0.1, 0.15) is 23.0 Å². The van der Waals surface area contributed by atoms with E-state index in [0.717, 1.165) is 5.69 Å². The van der Waals surface area contributed by atoms with Gasteiger partial charge in [-0.15, -0.1) is 0 Å². The van der Waals surface area contributed by atoms with Gasteiger partial charge in [0.1, 0.15) is 11.4 Å². The summed E-state index contributed by atoms with van der Waals surface area (Å²) in [5.41, 5.74) is 7.92. The first kappa shape index (κ1) is 13.8. The van der Waals surface area contributed by atoms with Gasteiger partial charge in [-0.3, -0.25) is 4.79 Å². The first-order chi connectivity index (χ1) is 9.89. The van der Waals surface area contributed by atoms with Crippen molar-refractivity contribution >= 4 is 17.4 Å². The van der Waals surface area contributed by atoms with Crippen LogP contribution in [0.25, 0.3) is 5.65 Å². The molecule has 3 rings (SSSR count). The van der Waals surface area contributed by atoms with E-state index in [9.17, 15) is 4.79 Å². The van der Waals surface area contributed by atoms with Gasteiger partial charge < -0.3 is 15.4 Å². The summed E-state index contributed by atoms with van der Waals surface area (Å²) in [7, 11) is 1.77. The minimum atomic E-state index is -0.150. The highest BCUT2D eigenvalue weighted by molar-refractivity contribution is 5.98. The average Bonchev–Trinajstić information content (AvgIpc) is 2.78. The molecule has 7 nitrogen and oxygen atoms in total. The predicted octanol–water partition coefficient (Wildman–Crippen LogP) is 0.728. The summed E-state index contributed by atoms with van der Waals surface area (Å²) in [6, 6.07) is 1.82. The fourth-order valence-electron chi connectivity index (χ4n) is 2.62. The third kappa shape index (κ3) is 2.33. The molecule has 0 aromatic carbocycles. The van der Waals surface area contributed by atoms with Crippen LogP contribution in [0.3, 0.4) is 0 Å². The molecular formula is C14H19N5O2. The molecule has 112 valence electrons. The first-order valence-electron chi connectivity index (χ1n) is 6.84. The first-order valence-corrected chi connectivity index (χ1v) is 6.84. The molecular weight excluding hydrogens is 270 g/mol. The number of nitrogens with zero attached hydrogens (tertiary/aromatic N) is 4. The van der Waals surface area contributed by atoms with Crippen LogP contribution in [0.15, 0.2) is 12.3 Å². The molecule has 0 radical (unpaired) electrons. The Balaban J connectivity index is 1.88. The second kappa shape index (κ2) is 4.70. The normalized spacial score (nSPS) is 16.7. The van der Waals surface area contributed by atoms with Gasteiger partial charge in [0, 0.05) is 31.3 Å². The van der Waals surface area contributed by atoms with Crippen molar-refractivity contribution < 1.29 is 9.53 Å². The second-order valence-electron chi connectivity index (χ2n) is 6.08. The summed E-state index contributed by atoms with van der Waals surface area (Å²) in [5, 5.41) is 4.26. The lowest BCUT2D eigenvalue weighted by molar-refractivity contribution is -0.109. The molecule has 0 aliphatic carbocycles. The Hall–Kier alpha value is -2.15. The van der Waals surface area contributed by atoms with Gasteiger partial charge in [0.2, 0.25) is 0 Å². The minimum absolute atomic E-state index is 0.0268. The molecule has 1 amide bonds. The number of rotatable bonds is 3. The van der Waals surface area contributed by atoms with Crippen LogP contribution in [0, 0.1) is 12.3 Å². The summed E-state index contributed by atoms with van der Waals surface area (Å²) in [4.78, 5) is 18.5. The van der Waals surface area contributed by atoms with Gasteiger partial charge >= 0.3 is 0 Å². The van der Waals surface area contributed by atoms with Crippen molar-refractivity contribution in [1.29, 1.82) is 0 Å². The van der Waals surface area contributed by atoms with Crippen LogP contribution in [-0.2, 0) is 4.74 Å². The van der Waals surface area contributed by atoms with Gasteiger partial charge in [-0.25, -0.2) is 4.98 Å². The van der Waals surface area contributed by atoms with Crippen molar-refractivity contribution in [2.45, 2.75) is 13.8 Å². The fraction of sp³-hybridized carbons (Fsp3) is 0.500. The SMILES string of the molecule is Cc1cc2ncc(C(=O)N(C)CC3(C)COC3)c(N)n2n1. The van der Waals surface area contributed by atoms with E-state index in [4.69, 9.17) is 10.5 Å². The number of hydrogen-bond acceptors (Lipinski definition) is 5. The van der Waals surface area contributed by atoms with Gasteiger partial charge in [0.05, 0.1) is 18.9 Å². The van der Waals surface area contributed by atoms with E-state index in [2.05, 4.69) is 17.0 Å². The molecule has 0 saturated carbocycles. The summed E-state index contributed by atoms with van der Waals surface area (Å²) < 4.78 is 6.72. The zero-order valence-electron chi connectivity index (χ0n) is 12.5. The number of amides is 1. The third-order valence-corrected chi connectivity index (χ3v) is 3.74. The van der Waals surface area contributed by atoms with Crippen molar-refractivity contribution in [3.05, 3.63) is 23.5 Å². The van der Waals surface area contributed by atoms with Crippen LogP contribution in [-0.4, -0.2) is 52.2 Å². The molecule has 2 aromatic heterocycles. The maximum atomic E-state index is 12.6. The van der Waals surface area contributed by atoms with Gasteiger partial charge in [-0.1, -0.05) is 6.92 Å². The lowest BCUT2D eigenvalue weighted by Gasteiger charge is -2.40. The molecule has 0 atom stereocenters. The predicted molar refractivity (Wildman–Crippen MR) is 78.0 cm³/mol. The Morgan fingerprint density at radius 2 is 2.29 bits per heavy atom. The number of hydrogen-bond donors (Lipinski definition) is 1. The van der Waals surface area contributed by atoms with Crippen LogP contribution >= 0.6 is 0 Å². The van der Waals surface area contributed by atoms with Crippen molar-refractivity contribution in [2.75, 3.05) is 32.5 Å². The van der Waals surface area contributed by atoms with E-state index >= 15 is 0 Å². The Kier molecular flexibility index (Phi) is 3.09. The number of nitrogens with two attached hydrogens (primary N) is 1. The summed E-state index contributed by atoms with van der Waals surface area (Å²) in [6.07, 6.45) is 1.52. The number of fused-ring (bicyclic) bond motifs is 1. The topological polar surface area (TPSA) is 85.8 Å². The van der Waals surface area contributed by atoms with Crippen LogP contribution in [0.5, 0.6) is 0 Å². The lowest BCUT2D eigenvalue weighted by Crippen LogP contribution is -2.49. The molecule has 2 N–H and O–H groups in total. The maximum Gasteiger partial charge on any atom is 0.258 e. The molecule has 0 spiro atoms. The molecule has 1 aliphatic heterocycles. The Morgan fingerprint density at radius 1 is 1.57 bits per heavy atom. The van der Waals surface area contributed by atoms with E-state index in [1.807, 2.05) is 13.0 Å². The molecule has 1 saturated heterocycles. The average molecular weight is 289 g/mol. The van der Waals surface area contributed by atoms with E-state index in [1.165, 1.54) is 10.7 Å². The minimum Gasteiger partial charge on any atom is -0.383 e. The zero-order valence-corrected chi connectivity index (χ0v) is 12.5. The van der Waals surface area contributed by atoms with Crippen molar-refractivity contribution in [3.8, 4) is 0 Å². The molecule has 1 fully saturated rings. The van der Waals surface area contributed by atoms with Crippen LogP contribution in [0.4, 0.5) is 5.82 Å². The molecule has 7 heteroatoms. The quantitative estimate of drug-likeness (QED) is 0.900. The van der Waals surface area contributed by atoms with Crippen LogP contribution < -0.4 is 5.73 Å². The zero-order chi connectivity index (χ0) is 15.2. The molecule has 21 heavy (non-hydrogen) atoms. The highest BCUT2D eigenvalue weighted by atomic mass is 16.5. The highest BCUT2D eigenvalue weighted by Gasteiger charge is 2.36. The summed E-state index contributed by atoms with van der Waals surface area (Å²) in [5.74, 6) is 0.170. The second-order valence-corrected chi connectivity index (χ2v) is 6.08. The molecule has 2 aromatic rings. The molecule has 3 heterocycles. The van der Waals surface area contributed by atoms with E-state index < -0.39 is 0 Å². The Labute approximate surface area is 122 Å². The lowest BCUT2D eigenvalue weighted by atomic mass is 9.88. The number of carbonyl (C=O) groups excluding carboxylic acids is 1. The third-order valence-electron chi connectivity index (χ3n) is 3.74. The number of aromatic nitrogens is 3. The number of anilines is 1. The van der Waals surface area contributed by atoms with Crippen molar-refractivity contribution in [3.63, 3.8) is 0 Å². The van der Waals surface area contributed by atoms with Gasteiger partial charge in [0.25, 0.3) is 5.91 Å². The van der Waals surface area contributed by atoms with Crippen LogP contribution in [0.2, 0.25) is 0 Å². The number of nitrogen functional groups attached to an aromatic ring is 1. The maximum absolute atomic E-state index is 12.6. The smallest absolute Gasteiger partial charge is 0.258 e. The monoisotopic (exact) mass is 289 g/mol. The van der Waals surface area contributed by atoms with E-state index in [0.29, 0.717) is 36.8 Å². The largest absolute Gasteiger partial charge is 0.383 e. The Morgan fingerprint density at radius 3 is 2.90 bits per heavy atom. The van der Waals surface area contributed by atoms with E-state index in [1.54, 1.807) is 11.9 Å². The number of aryl methyl sites for hydroxylation is 1. The Bertz CT molecular complexity index is 705. The fourth-order valence-corrected chi connectivity index (χ4v) is 2.62. The van der Waals surface area contributed by atoms with Crippen molar-refractivity contribution in [2.24, 2.45) is 5.41 Å². The van der Waals surface area contributed by atoms with Gasteiger partial charge in [-0.2, -0.15) is 9.61 Å².